The Morgan fingerprint density at radius 1 is 1.18 bits per heavy atom. The number of aryl methyl sites for hydroxylation is 1. The van der Waals surface area contributed by atoms with Crippen LogP contribution in [0.4, 0.5) is 9.52 Å². The quantitative estimate of drug-likeness (QED) is 0.224. The number of amides is 1. The number of thiazole rings is 1. The van der Waals surface area contributed by atoms with Gasteiger partial charge in [0, 0.05) is 52.9 Å². The summed E-state index contributed by atoms with van der Waals surface area (Å²) in [5.41, 5.74) is 3.00. The van der Waals surface area contributed by atoms with Crippen LogP contribution in [0.1, 0.15) is 51.4 Å². The number of rotatable bonds is 9. The second-order valence-electron chi connectivity index (χ2n) is 11.0. The maximum Gasteiger partial charge on any atom is 0.304 e. The first kappa shape index (κ1) is 26.9. The molecule has 2 aliphatic rings. The molecule has 4 aromatic rings. The van der Waals surface area contributed by atoms with Gasteiger partial charge in [0.2, 0.25) is 11.0 Å². The minimum atomic E-state index is -0.995. The minimum Gasteiger partial charge on any atom is -0.481 e. The zero-order valence-electron chi connectivity index (χ0n) is 22.1. The molecule has 0 radical (unpaired) electrons. The Morgan fingerprint density at radius 2 is 1.95 bits per heavy atom. The molecule has 1 amide bonds. The van der Waals surface area contributed by atoms with E-state index in [1.165, 1.54) is 0 Å². The number of hydrogen-bond acceptors (Lipinski definition) is 5. The average molecular weight is 581 g/mol. The van der Waals surface area contributed by atoms with Crippen LogP contribution in [0.2, 0.25) is 5.02 Å². The highest BCUT2D eigenvalue weighted by molar-refractivity contribution is 7.14. The predicted octanol–water partition coefficient (Wildman–Crippen LogP) is 7.32. The number of pyridine rings is 1. The van der Waals surface area contributed by atoms with Gasteiger partial charge in [0.05, 0.1) is 6.42 Å². The number of carboxylic acids is 1. The number of carbonyl (C=O) groups is 2. The number of nitrogens with zero attached hydrogens (tertiary/aromatic N) is 4. The highest BCUT2D eigenvalue weighted by Crippen LogP contribution is 2.43. The summed E-state index contributed by atoms with van der Waals surface area (Å²) >= 11 is 7.20. The number of aliphatic carboxylic acids is 1. The summed E-state index contributed by atoms with van der Waals surface area (Å²) in [6.45, 7) is 0. The molecule has 1 N–H and O–H groups in total. The van der Waals surface area contributed by atoms with Gasteiger partial charge in [-0.25, -0.2) is 9.97 Å². The maximum atomic E-state index is 15.7. The standard InChI is InChI=1S/C30H30ClFN4O3S/c1-35-11-10-18-13-20(16-33-28(18)35)23-9-6-21(31)15-24(23)26-27(32)40-30(34-26)36(22-7-8-22)29(39)19(14-25(37)38)12-17-4-2-3-5-17/h6,9-11,13,15-17,19,22H,2-5,7-8,12,14H2,1H3,(H,37,38). The molecule has 7 nitrogen and oxygen atoms in total. The molecule has 2 saturated carbocycles. The molecule has 1 aromatic carbocycles. The lowest BCUT2D eigenvalue weighted by Crippen LogP contribution is -2.39. The minimum absolute atomic E-state index is 0.0886. The van der Waals surface area contributed by atoms with Crippen LogP contribution in [0, 0.1) is 17.0 Å². The van der Waals surface area contributed by atoms with Gasteiger partial charge < -0.3 is 9.67 Å². The SMILES string of the molecule is Cn1ccc2cc(-c3ccc(Cl)cc3-c3nc(N(C(=O)C(CC(=O)O)CC4CCCC4)C4CC4)sc3F)cnc21. The summed E-state index contributed by atoms with van der Waals surface area (Å²) in [5, 5.41) is 10.7. The molecular weight excluding hydrogens is 551 g/mol. The summed E-state index contributed by atoms with van der Waals surface area (Å²) in [5.74, 6) is -1.56. The van der Waals surface area contributed by atoms with Crippen LogP contribution in [0.25, 0.3) is 33.4 Å². The van der Waals surface area contributed by atoms with E-state index in [1.807, 2.05) is 36.0 Å². The molecule has 2 fully saturated rings. The van der Waals surface area contributed by atoms with Crippen molar-refractivity contribution in [1.82, 2.24) is 14.5 Å². The van der Waals surface area contributed by atoms with Gasteiger partial charge in [0.1, 0.15) is 11.3 Å². The number of benzene rings is 1. The predicted molar refractivity (Wildman–Crippen MR) is 155 cm³/mol. The Labute approximate surface area is 240 Å². The van der Waals surface area contributed by atoms with Gasteiger partial charge in [-0.1, -0.05) is 54.7 Å². The van der Waals surface area contributed by atoms with E-state index in [4.69, 9.17) is 11.6 Å². The lowest BCUT2D eigenvalue weighted by molar-refractivity contribution is -0.141. The molecule has 40 heavy (non-hydrogen) atoms. The number of aromatic nitrogens is 3. The molecule has 0 spiro atoms. The van der Waals surface area contributed by atoms with Crippen molar-refractivity contribution < 1.29 is 19.1 Å². The molecule has 0 saturated heterocycles. The molecule has 208 valence electrons. The summed E-state index contributed by atoms with van der Waals surface area (Å²) in [7, 11) is 1.93. The summed E-state index contributed by atoms with van der Waals surface area (Å²) in [4.78, 5) is 36.4. The van der Waals surface area contributed by atoms with E-state index in [0.717, 1.165) is 72.0 Å². The molecule has 10 heteroatoms. The van der Waals surface area contributed by atoms with E-state index >= 15 is 4.39 Å². The van der Waals surface area contributed by atoms with Gasteiger partial charge in [-0.3, -0.25) is 14.5 Å². The lowest BCUT2D eigenvalue weighted by atomic mass is 9.90. The number of anilines is 1. The number of halogens is 2. The fourth-order valence-corrected chi connectivity index (χ4v) is 6.98. The van der Waals surface area contributed by atoms with Crippen LogP contribution in [-0.4, -0.2) is 37.6 Å². The fraction of sp³-hybridized carbons (Fsp3) is 0.400. The number of carbonyl (C=O) groups excluding carboxylic acids is 1. The molecule has 1 unspecified atom stereocenters. The number of hydrogen-bond donors (Lipinski definition) is 1. The van der Waals surface area contributed by atoms with E-state index in [-0.39, 0.29) is 29.2 Å². The summed E-state index contributed by atoms with van der Waals surface area (Å²) in [6, 6.07) is 9.15. The summed E-state index contributed by atoms with van der Waals surface area (Å²) in [6.07, 6.45) is 9.84. The zero-order valence-corrected chi connectivity index (χ0v) is 23.7. The zero-order chi connectivity index (χ0) is 28.0. The fourth-order valence-electron chi connectivity index (χ4n) is 5.92. The van der Waals surface area contributed by atoms with Crippen LogP contribution in [0.3, 0.4) is 0 Å². The van der Waals surface area contributed by atoms with Crippen molar-refractivity contribution in [3.63, 3.8) is 0 Å². The third-order valence-corrected chi connectivity index (χ3v) is 9.13. The van der Waals surface area contributed by atoms with Crippen molar-refractivity contribution in [1.29, 1.82) is 0 Å². The van der Waals surface area contributed by atoms with Gasteiger partial charge in [-0.05, 0) is 55.0 Å². The molecule has 0 bridgehead atoms. The molecule has 1 atom stereocenters. The highest BCUT2D eigenvalue weighted by Gasteiger charge is 2.40. The van der Waals surface area contributed by atoms with Crippen LogP contribution in [0.5, 0.6) is 0 Å². The molecule has 3 heterocycles. The second kappa shape index (κ2) is 10.9. The molecule has 2 aliphatic carbocycles. The normalized spacial score (nSPS) is 16.5. The van der Waals surface area contributed by atoms with Crippen LogP contribution in [0.15, 0.2) is 42.7 Å². The van der Waals surface area contributed by atoms with Crippen molar-refractivity contribution in [2.24, 2.45) is 18.9 Å². The van der Waals surface area contributed by atoms with Crippen LogP contribution in [-0.2, 0) is 16.6 Å². The van der Waals surface area contributed by atoms with Crippen molar-refractivity contribution >= 4 is 51.0 Å². The average Bonchev–Trinajstić information content (AvgIpc) is 3.29. The highest BCUT2D eigenvalue weighted by atomic mass is 35.5. The van der Waals surface area contributed by atoms with Crippen molar-refractivity contribution in [3.05, 3.63) is 52.9 Å². The van der Waals surface area contributed by atoms with Gasteiger partial charge in [-0.2, -0.15) is 4.39 Å². The maximum absolute atomic E-state index is 15.7. The summed E-state index contributed by atoms with van der Waals surface area (Å²) < 4.78 is 17.6. The molecule has 0 aliphatic heterocycles. The lowest BCUT2D eigenvalue weighted by Gasteiger charge is -2.26. The monoisotopic (exact) mass is 580 g/mol. The molecule has 6 rings (SSSR count). The van der Waals surface area contributed by atoms with Gasteiger partial charge in [0.15, 0.2) is 5.13 Å². The smallest absolute Gasteiger partial charge is 0.304 e. The second-order valence-corrected chi connectivity index (χ2v) is 12.4. The first-order valence-corrected chi connectivity index (χ1v) is 14.9. The Morgan fingerprint density at radius 3 is 2.67 bits per heavy atom. The van der Waals surface area contributed by atoms with Crippen LogP contribution < -0.4 is 4.90 Å². The van der Waals surface area contributed by atoms with Crippen molar-refractivity contribution in [2.45, 2.75) is 57.4 Å². The van der Waals surface area contributed by atoms with Crippen molar-refractivity contribution in [3.8, 4) is 22.4 Å². The van der Waals surface area contributed by atoms with E-state index in [2.05, 4.69) is 9.97 Å². The Hall–Kier alpha value is -3.30. The topological polar surface area (TPSA) is 88.3 Å². The molecule has 3 aromatic heterocycles. The first-order valence-electron chi connectivity index (χ1n) is 13.7. The number of carboxylic acid groups (broad SMARTS) is 1. The number of fused-ring (bicyclic) bond motifs is 1. The Bertz CT molecular complexity index is 1590. The van der Waals surface area contributed by atoms with E-state index in [1.54, 1.807) is 23.2 Å². The van der Waals surface area contributed by atoms with Gasteiger partial charge in [0.25, 0.3) is 0 Å². The third-order valence-electron chi connectivity index (χ3n) is 8.05. The Kier molecular flexibility index (Phi) is 7.35. The van der Waals surface area contributed by atoms with Gasteiger partial charge in [-0.15, -0.1) is 0 Å². The largest absolute Gasteiger partial charge is 0.481 e. The van der Waals surface area contributed by atoms with Gasteiger partial charge >= 0.3 is 5.97 Å². The van der Waals surface area contributed by atoms with E-state index in [0.29, 0.717) is 22.9 Å². The van der Waals surface area contributed by atoms with E-state index in [9.17, 15) is 14.7 Å². The third kappa shape index (κ3) is 5.37. The van der Waals surface area contributed by atoms with Crippen LogP contribution >= 0.6 is 22.9 Å². The first-order chi connectivity index (χ1) is 19.3. The Balaban J connectivity index is 1.37. The van der Waals surface area contributed by atoms with E-state index < -0.39 is 17.0 Å². The molecular formula is C30H30ClFN4O3S. The van der Waals surface area contributed by atoms with Crippen molar-refractivity contribution in [2.75, 3.05) is 4.90 Å².